The van der Waals surface area contributed by atoms with Crippen LogP contribution in [0.4, 0.5) is 17.3 Å². The maximum Gasteiger partial charge on any atom is 0.247 e. The number of hydrogen-bond donors (Lipinski definition) is 1. The van der Waals surface area contributed by atoms with Gasteiger partial charge in [-0.25, -0.2) is 4.52 Å². The van der Waals surface area contributed by atoms with E-state index in [1.807, 2.05) is 59.1 Å². The van der Waals surface area contributed by atoms with E-state index in [-0.39, 0.29) is 0 Å². The Morgan fingerprint density at radius 1 is 1.00 bits per heavy atom. The minimum absolute atomic E-state index is 0.529. The topological polar surface area (TPSA) is 71.8 Å². The van der Waals surface area contributed by atoms with Gasteiger partial charge in [0.1, 0.15) is 0 Å². The molecule has 1 atom stereocenters. The number of anilines is 3. The van der Waals surface area contributed by atoms with Gasteiger partial charge in [0.2, 0.25) is 5.95 Å². The van der Waals surface area contributed by atoms with E-state index in [4.69, 9.17) is 4.74 Å². The van der Waals surface area contributed by atoms with Gasteiger partial charge in [0, 0.05) is 52.0 Å². The van der Waals surface area contributed by atoms with Gasteiger partial charge in [-0.05, 0) is 48.5 Å². The molecular formula is C23H23N5O2S. The second-order valence-corrected chi connectivity index (χ2v) is 8.75. The molecule has 1 saturated heterocycles. The first-order chi connectivity index (χ1) is 15.2. The summed E-state index contributed by atoms with van der Waals surface area (Å²) in [5.41, 5.74) is 4.70. The van der Waals surface area contributed by atoms with E-state index in [1.165, 1.54) is 5.69 Å². The molecule has 1 aliphatic rings. The van der Waals surface area contributed by atoms with Gasteiger partial charge in [0.05, 0.1) is 18.9 Å². The van der Waals surface area contributed by atoms with Gasteiger partial charge in [0.25, 0.3) is 0 Å². The summed E-state index contributed by atoms with van der Waals surface area (Å²) in [6, 6.07) is 21.9. The predicted molar refractivity (Wildman–Crippen MR) is 124 cm³/mol. The molecule has 1 aliphatic heterocycles. The Balaban J connectivity index is 1.41. The van der Waals surface area contributed by atoms with Crippen LogP contribution in [0.5, 0.6) is 0 Å². The molecule has 1 unspecified atom stereocenters. The second-order valence-electron chi connectivity index (χ2n) is 7.37. The van der Waals surface area contributed by atoms with Crippen molar-refractivity contribution in [3.8, 4) is 11.3 Å². The summed E-state index contributed by atoms with van der Waals surface area (Å²) < 4.78 is 19.1. The molecule has 2 aromatic carbocycles. The lowest BCUT2D eigenvalue weighted by Gasteiger charge is -2.28. The lowest BCUT2D eigenvalue weighted by atomic mass is 10.1. The van der Waals surface area contributed by atoms with E-state index < -0.39 is 10.8 Å². The van der Waals surface area contributed by atoms with E-state index >= 15 is 0 Å². The molecule has 0 radical (unpaired) electrons. The molecule has 158 valence electrons. The molecule has 4 aromatic rings. The zero-order valence-corrected chi connectivity index (χ0v) is 18.0. The highest BCUT2D eigenvalue weighted by atomic mass is 32.2. The number of pyridine rings is 1. The van der Waals surface area contributed by atoms with Gasteiger partial charge >= 0.3 is 0 Å². The van der Waals surface area contributed by atoms with Gasteiger partial charge in [0.15, 0.2) is 5.65 Å². The quantitative estimate of drug-likeness (QED) is 0.517. The molecule has 0 amide bonds. The number of nitrogens with one attached hydrogen (secondary N) is 1. The Morgan fingerprint density at radius 3 is 2.55 bits per heavy atom. The lowest BCUT2D eigenvalue weighted by Crippen LogP contribution is -2.36. The van der Waals surface area contributed by atoms with Gasteiger partial charge in [-0.1, -0.05) is 18.2 Å². The molecule has 1 fully saturated rings. The fourth-order valence-corrected chi connectivity index (χ4v) is 4.28. The zero-order valence-electron chi connectivity index (χ0n) is 17.2. The molecule has 0 saturated carbocycles. The maximum absolute atomic E-state index is 11.9. The fourth-order valence-electron chi connectivity index (χ4n) is 3.72. The minimum atomic E-state index is -1.04. The van der Waals surface area contributed by atoms with E-state index in [9.17, 15) is 4.21 Å². The monoisotopic (exact) mass is 433 g/mol. The van der Waals surface area contributed by atoms with Crippen molar-refractivity contribution in [1.29, 1.82) is 0 Å². The summed E-state index contributed by atoms with van der Waals surface area (Å²) in [6.07, 6.45) is 1.68. The Hall–Kier alpha value is -3.23. The van der Waals surface area contributed by atoms with E-state index in [2.05, 4.69) is 32.4 Å². The molecule has 1 N–H and O–H groups in total. The fraction of sp³-hybridized carbons (Fsp3) is 0.217. The van der Waals surface area contributed by atoms with E-state index in [0.717, 1.165) is 53.8 Å². The Kier molecular flexibility index (Phi) is 5.40. The Labute approximate surface area is 183 Å². The summed E-state index contributed by atoms with van der Waals surface area (Å²) in [5.74, 6) is 0.529. The summed E-state index contributed by atoms with van der Waals surface area (Å²) in [4.78, 5) is 7.72. The van der Waals surface area contributed by atoms with Gasteiger partial charge in [-0.2, -0.15) is 4.98 Å². The SMILES string of the molecule is CS(=O)c1cccc(-c2cccc3nc(Nc4ccc(N5CCOCC5)cc4)nn23)c1. The summed E-state index contributed by atoms with van der Waals surface area (Å²) in [6.45, 7) is 3.36. The van der Waals surface area contributed by atoms with Crippen molar-refractivity contribution in [2.24, 2.45) is 0 Å². The standard InChI is InChI=1S/C23H23N5O2S/c1-31(29)20-5-2-4-17(16-20)21-6-3-7-22-25-23(26-28(21)22)24-18-8-10-19(11-9-18)27-12-14-30-15-13-27/h2-11,16H,12-15H2,1H3,(H,24,26). The molecule has 0 aliphatic carbocycles. The summed E-state index contributed by atoms with van der Waals surface area (Å²) in [7, 11) is -1.04. The first kappa shape index (κ1) is 19.7. The second kappa shape index (κ2) is 8.49. The molecule has 7 nitrogen and oxygen atoms in total. The van der Waals surface area contributed by atoms with Crippen LogP contribution in [0.3, 0.4) is 0 Å². The highest BCUT2D eigenvalue weighted by molar-refractivity contribution is 7.84. The van der Waals surface area contributed by atoms with Crippen molar-refractivity contribution in [2.75, 3.05) is 42.8 Å². The number of fused-ring (bicyclic) bond motifs is 1. The van der Waals surface area contributed by atoms with Crippen LogP contribution in [-0.2, 0) is 15.5 Å². The van der Waals surface area contributed by atoms with Crippen molar-refractivity contribution in [1.82, 2.24) is 14.6 Å². The number of rotatable bonds is 5. The third-order valence-electron chi connectivity index (χ3n) is 5.32. The molecule has 31 heavy (non-hydrogen) atoms. The van der Waals surface area contributed by atoms with Crippen LogP contribution in [-0.4, -0.2) is 51.4 Å². The molecular weight excluding hydrogens is 410 g/mol. The zero-order chi connectivity index (χ0) is 21.2. The largest absolute Gasteiger partial charge is 0.378 e. The summed E-state index contributed by atoms with van der Waals surface area (Å²) in [5, 5.41) is 7.96. The van der Waals surface area contributed by atoms with Crippen LogP contribution in [0.1, 0.15) is 0 Å². The first-order valence-electron chi connectivity index (χ1n) is 10.2. The number of ether oxygens (including phenoxy) is 1. The third kappa shape index (κ3) is 4.17. The van der Waals surface area contributed by atoms with Crippen molar-refractivity contribution in [3.05, 3.63) is 66.7 Å². The van der Waals surface area contributed by atoms with Crippen LogP contribution in [0, 0.1) is 0 Å². The molecule has 2 aromatic heterocycles. The average Bonchev–Trinajstić information content (AvgIpc) is 3.22. The van der Waals surface area contributed by atoms with Crippen molar-refractivity contribution < 1.29 is 8.95 Å². The molecule has 5 rings (SSSR count). The van der Waals surface area contributed by atoms with Crippen molar-refractivity contribution in [3.63, 3.8) is 0 Å². The van der Waals surface area contributed by atoms with Gasteiger partial charge in [-0.15, -0.1) is 5.10 Å². The van der Waals surface area contributed by atoms with Crippen LogP contribution < -0.4 is 10.2 Å². The first-order valence-corrected chi connectivity index (χ1v) is 11.7. The number of aromatic nitrogens is 3. The molecule has 0 bridgehead atoms. The van der Waals surface area contributed by atoms with Crippen molar-refractivity contribution in [2.45, 2.75) is 4.90 Å². The maximum atomic E-state index is 11.9. The summed E-state index contributed by atoms with van der Waals surface area (Å²) >= 11 is 0. The third-order valence-corrected chi connectivity index (χ3v) is 6.24. The van der Waals surface area contributed by atoms with Crippen LogP contribution in [0.2, 0.25) is 0 Å². The van der Waals surface area contributed by atoms with E-state index in [0.29, 0.717) is 5.95 Å². The van der Waals surface area contributed by atoms with Crippen LogP contribution in [0.15, 0.2) is 71.6 Å². The van der Waals surface area contributed by atoms with Crippen LogP contribution in [0.25, 0.3) is 16.9 Å². The normalized spacial score (nSPS) is 15.2. The predicted octanol–water partition coefficient (Wildman–Crippen LogP) is 3.71. The average molecular weight is 434 g/mol. The smallest absolute Gasteiger partial charge is 0.247 e. The van der Waals surface area contributed by atoms with Gasteiger partial charge < -0.3 is 15.0 Å². The highest BCUT2D eigenvalue weighted by Crippen LogP contribution is 2.25. The van der Waals surface area contributed by atoms with Gasteiger partial charge in [-0.3, -0.25) is 4.21 Å². The van der Waals surface area contributed by atoms with Crippen LogP contribution >= 0.6 is 0 Å². The number of nitrogens with zero attached hydrogens (tertiary/aromatic N) is 4. The minimum Gasteiger partial charge on any atom is -0.378 e. The number of benzene rings is 2. The number of morpholine rings is 1. The molecule has 8 heteroatoms. The Bertz CT molecular complexity index is 1230. The number of hydrogen-bond acceptors (Lipinski definition) is 6. The molecule has 3 heterocycles. The highest BCUT2D eigenvalue weighted by Gasteiger charge is 2.12. The van der Waals surface area contributed by atoms with Crippen molar-refractivity contribution >= 4 is 33.8 Å². The Morgan fingerprint density at radius 2 is 1.77 bits per heavy atom. The molecule has 0 spiro atoms. The van der Waals surface area contributed by atoms with E-state index in [1.54, 1.807) is 6.26 Å². The lowest BCUT2D eigenvalue weighted by molar-refractivity contribution is 0.122.